The molecule has 3 aromatic rings. The van der Waals surface area contributed by atoms with E-state index in [0.717, 1.165) is 18.7 Å². The molecule has 3 heterocycles. The van der Waals surface area contributed by atoms with Crippen LogP contribution in [-0.4, -0.2) is 19.6 Å². The summed E-state index contributed by atoms with van der Waals surface area (Å²) in [5.41, 5.74) is 1.93. The van der Waals surface area contributed by atoms with E-state index in [-0.39, 0.29) is 11.0 Å². The maximum absolute atomic E-state index is 12.9. The van der Waals surface area contributed by atoms with Gasteiger partial charge in [0.05, 0.1) is 10.9 Å². The molecule has 2 aromatic heterocycles. The van der Waals surface area contributed by atoms with Crippen molar-refractivity contribution in [2.75, 3.05) is 0 Å². The first-order valence-electron chi connectivity index (χ1n) is 9.07. The van der Waals surface area contributed by atoms with Crippen molar-refractivity contribution in [3.63, 3.8) is 0 Å². The lowest BCUT2D eigenvalue weighted by Crippen LogP contribution is -2.36. The molecule has 0 radical (unpaired) electrons. The molecule has 0 amide bonds. The number of aliphatic hydroxyl groups is 1. The largest absolute Gasteiger partial charge is 0.376 e. The summed E-state index contributed by atoms with van der Waals surface area (Å²) in [6.45, 7) is 5.03. The third-order valence-electron chi connectivity index (χ3n) is 4.99. The van der Waals surface area contributed by atoms with Gasteiger partial charge in [-0.2, -0.15) is 0 Å². The van der Waals surface area contributed by atoms with E-state index in [2.05, 4.69) is 30.7 Å². The second kappa shape index (κ2) is 6.64. The van der Waals surface area contributed by atoms with Crippen LogP contribution in [0.4, 0.5) is 0 Å². The Morgan fingerprint density at radius 2 is 2.11 bits per heavy atom. The van der Waals surface area contributed by atoms with Gasteiger partial charge in [-0.15, -0.1) is 0 Å². The lowest BCUT2D eigenvalue weighted by atomic mass is 9.85. The lowest BCUT2D eigenvalue weighted by Gasteiger charge is -2.31. The standard InChI is InChI=1S/C22H21N3O2/c1-22(2)11-10-20-24-18-13-15(6-8-17(18)21(27)25(20)14-22)19(26)9-7-16-5-3-4-12-23-16/h3-6,8,12-13,19,26H,10-11,14H2,1-2H3. The maximum Gasteiger partial charge on any atom is 0.261 e. The van der Waals surface area contributed by atoms with E-state index < -0.39 is 6.10 Å². The van der Waals surface area contributed by atoms with Crippen molar-refractivity contribution < 1.29 is 5.11 Å². The van der Waals surface area contributed by atoms with E-state index in [0.29, 0.717) is 28.7 Å². The van der Waals surface area contributed by atoms with Crippen LogP contribution in [0.3, 0.4) is 0 Å². The zero-order chi connectivity index (χ0) is 19.0. The van der Waals surface area contributed by atoms with Crippen molar-refractivity contribution in [3.8, 4) is 11.8 Å². The van der Waals surface area contributed by atoms with Gasteiger partial charge in [-0.3, -0.25) is 9.36 Å². The summed E-state index contributed by atoms with van der Waals surface area (Å²) in [5.74, 6) is 6.48. The second-order valence-electron chi connectivity index (χ2n) is 7.75. The van der Waals surface area contributed by atoms with Gasteiger partial charge in [0.2, 0.25) is 0 Å². The average Bonchev–Trinajstić information content (AvgIpc) is 2.67. The summed E-state index contributed by atoms with van der Waals surface area (Å²) < 4.78 is 1.79. The first-order valence-corrected chi connectivity index (χ1v) is 9.07. The normalized spacial score (nSPS) is 16.3. The van der Waals surface area contributed by atoms with Crippen LogP contribution in [-0.2, 0) is 13.0 Å². The van der Waals surface area contributed by atoms with Crippen LogP contribution in [0.2, 0.25) is 0 Å². The minimum absolute atomic E-state index is 0.0108. The highest BCUT2D eigenvalue weighted by Gasteiger charge is 2.27. The van der Waals surface area contributed by atoms with E-state index in [1.54, 1.807) is 35.0 Å². The molecule has 1 N–H and O–H groups in total. The molecule has 0 saturated carbocycles. The molecule has 136 valence electrons. The van der Waals surface area contributed by atoms with Gasteiger partial charge in [0.15, 0.2) is 0 Å². The molecule has 0 bridgehead atoms. The molecule has 1 aliphatic rings. The molecule has 0 aliphatic carbocycles. The Kier molecular flexibility index (Phi) is 4.29. The molecular weight excluding hydrogens is 338 g/mol. The molecular formula is C22H21N3O2. The molecule has 1 aromatic carbocycles. The summed E-state index contributed by atoms with van der Waals surface area (Å²) in [5, 5.41) is 11.0. The molecule has 5 heteroatoms. The predicted molar refractivity (Wildman–Crippen MR) is 104 cm³/mol. The Morgan fingerprint density at radius 3 is 2.89 bits per heavy atom. The lowest BCUT2D eigenvalue weighted by molar-refractivity contribution is 0.238. The van der Waals surface area contributed by atoms with Crippen LogP contribution >= 0.6 is 0 Å². The third kappa shape index (κ3) is 3.49. The number of rotatable bonds is 1. The van der Waals surface area contributed by atoms with E-state index >= 15 is 0 Å². The summed E-state index contributed by atoms with van der Waals surface area (Å²) >= 11 is 0. The number of fused-ring (bicyclic) bond motifs is 2. The molecule has 1 aliphatic heterocycles. The minimum atomic E-state index is -0.962. The zero-order valence-electron chi connectivity index (χ0n) is 15.4. The average molecular weight is 359 g/mol. The van der Waals surface area contributed by atoms with Crippen molar-refractivity contribution in [2.24, 2.45) is 5.41 Å². The smallest absolute Gasteiger partial charge is 0.261 e. The Bertz CT molecular complexity index is 1120. The first kappa shape index (κ1) is 17.4. The third-order valence-corrected chi connectivity index (χ3v) is 4.99. The first-order chi connectivity index (χ1) is 12.9. The van der Waals surface area contributed by atoms with Gasteiger partial charge in [0, 0.05) is 19.2 Å². The highest BCUT2D eigenvalue weighted by atomic mass is 16.3. The predicted octanol–water partition coefficient (Wildman–Crippen LogP) is 2.85. The Balaban J connectivity index is 1.71. The highest BCUT2D eigenvalue weighted by molar-refractivity contribution is 5.78. The molecule has 1 unspecified atom stereocenters. The number of hydrogen-bond donors (Lipinski definition) is 1. The number of hydrogen-bond acceptors (Lipinski definition) is 4. The fourth-order valence-electron chi connectivity index (χ4n) is 3.43. The van der Waals surface area contributed by atoms with Crippen LogP contribution in [0.1, 0.15) is 43.5 Å². The topological polar surface area (TPSA) is 68.0 Å². The quantitative estimate of drug-likeness (QED) is 0.679. The van der Waals surface area contributed by atoms with Gasteiger partial charge in [-0.25, -0.2) is 9.97 Å². The van der Waals surface area contributed by atoms with Gasteiger partial charge in [0.25, 0.3) is 5.56 Å². The van der Waals surface area contributed by atoms with Crippen molar-refractivity contribution >= 4 is 10.9 Å². The van der Waals surface area contributed by atoms with Crippen molar-refractivity contribution in [2.45, 2.75) is 39.3 Å². The van der Waals surface area contributed by atoms with Crippen LogP contribution in [0, 0.1) is 17.3 Å². The van der Waals surface area contributed by atoms with Crippen LogP contribution in [0.25, 0.3) is 10.9 Å². The summed E-state index contributed by atoms with van der Waals surface area (Å²) in [6.07, 6.45) is 2.48. The Morgan fingerprint density at radius 1 is 1.26 bits per heavy atom. The Hall–Kier alpha value is -2.97. The van der Waals surface area contributed by atoms with Crippen molar-refractivity contribution in [3.05, 3.63) is 70.0 Å². The number of pyridine rings is 1. The molecule has 5 nitrogen and oxygen atoms in total. The number of nitrogens with zero attached hydrogens (tertiary/aromatic N) is 3. The number of benzene rings is 1. The van der Waals surface area contributed by atoms with E-state index in [4.69, 9.17) is 4.98 Å². The molecule has 27 heavy (non-hydrogen) atoms. The van der Waals surface area contributed by atoms with Gasteiger partial charge in [-0.1, -0.05) is 31.9 Å². The molecule has 4 rings (SSSR count). The Labute approximate surface area is 157 Å². The van der Waals surface area contributed by atoms with Gasteiger partial charge < -0.3 is 5.11 Å². The second-order valence-corrected chi connectivity index (χ2v) is 7.75. The van der Waals surface area contributed by atoms with E-state index in [1.807, 2.05) is 12.1 Å². The SMILES string of the molecule is CC1(C)CCc2nc3cc(C(O)C#Cc4ccccn4)ccc3c(=O)n2C1. The summed E-state index contributed by atoms with van der Waals surface area (Å²) in [4.78, 5) is 21.7. The molecule has 0 fully saturated rings. The van der Waals surface area contributed by atoms with Crippen LogP contribution < -0.4 is 5.56 Å². The van der Waals surface area contributed by atoms with Gasteiger partial charge in [0.1, 0.15) is 17.6 Å². The number of aliphatic hydroxyl groups excluding tert-OH is 1. The zero-order valence-corrected chi connectivity index (χ0v) is 15.4. The molecule has 0 saturated heterocycles. The summed E-state index contributed by atoms with van der Waals surface area (Å²) in [6, 6.07) is 10.7. The van der Waals surface area contributed by atoms with Crippen molar-refractivity contribution in [1.29, 1.82) is 0 Å². The van der Waals surface area contributed by atoms with Gasteiger partial charge >= 0.3 is 0 Å². The minimum Gasteiger partial charge on any atom is -0.376 e. The van der Waals surface area contributed by atoms with Crippen molar-refractivity contribution in [1.82, 2.24) is 14.5 Å². The highest BCUT2D eigenvalue weighted by Crippen LogP contribution is 2.29. The van der Waals surface area contributed by atoms with E-state index in [1.165, 1.54) is 0 Å². The maximum atomic E-state index is 12.9. The fourth-order valence-corrected chi connectivity index (χ4v) is 3.43. The number of aromatic nitrogens is 3. The van der Waals surface area contributed by atoms with E-state index in [9.17, 15) is 9.90 Å². The van der Waals surface area contributed by atoms with Gasteiger partial charge in [-0.05, 0) is 47.6 Å². The fraction of sp³-hybridized carbons (Fsp3) is 0.318. The summed E-state index contributed by atoms with van der Waals surface area (Å²) in [7, 11) is 0. The molecule has 0 spiro atoms. The van der Waals surface area contributed by atoms with Crippen LogP contribution in [0.5, 0.6) is 0 Å². The monoisotopic (exact) mass is 359 g/mol. The van der Waals surface area contributed by atoms with Crippen LogP contribution in [0.15, 0.2) is 47.4 Å². The molecule has 1 atom stereocenters. The number of aryl methyl sites for hydroxylation is 1.